The van der Waals surface area contributed by atoms with E-state index in [4.69, 9.17) is 18.4 Å². The first-order valence-electron chi connectivity index (χ1n) is 7.97. The van der Waals surface area contributed by atoms with Crippen molar-refractivity contribution in [3.05, 3.63) is 66.4 Å². The predicted octanol–water partition coefficient (Wildman–Crippen LogP) is 2.88. The highest BCUT2D eigenvalue weighted by Gasteiger charge is 2.21. The number of aromatic nitrogens is 4. The van der Waals surface area contributed by atoms with Gasteiger partial charge in [-0.05, 0) is 24.3 Å². The second-order valence-electron chi connectivity index (χ2n) is 5.40. The molecular weight excluding hydrogens is 352 g/mol. The van der Waals surface area contributed by atoms with E-state index in [9.17, 15) is 4.79 Å². The molecule has 0 saturated heterocycles. The summed E-state index contributed by atoms with van der Waals surface area (Å²) in [7, 11) is 1.46. The molecule has 0 radical (unpaired) electrons. The van der Waals surface area contributed by atoms with Crippen LogP contribution < -0.4 is 4.74 Å². The van der Waals surface area contributed by atoms with Crippen LogP contribution in [-0.4, -0.2) is 33.0 Å². The minimum atomic E-state index is -0.661. The molecule has 3 heterocycles. The summed E-state index contributed by atoms with van der Waals surface area (Å²) in [6.07, 6.45) is 3.10. The Labute approximate surface area is 153 Å². The van der Waals surface area contributed by atoms with Gasteiger partial charge in [-0.3, -0.25) is 0 Å². The van der Waals surface area contributed by atoms with Crippen LogP contribution in [0.5, 0.6) is 5.75 Å². The number of ether oxygens (including phenoxy) is 2. The zero-order valence-electron chi connectivity index (χ0n) is 14.2. The monoisotopic (exact) mass is 366 g/mol. The van der Waals surface area contributed by atoms with Gasteiger partial charge in [-0.1, -0.05) is 23.4 Å². The summed E-state index contributed by atoms with van der Waals surface area (Å²) in [5, 5.41) is 8.00. The molecule has 136 valence electrons. The first-order chi connectivity index (χ1) is 13.2. The molecule has 0 unspecified atom stereocenters. The lowest BCUT2D eigenvalue weighted by atomic mass is 10.3. The van der Waals surface area contributed by atoms with Gasteiger partial charge in [-0.25, -0.2) is 9.48 Å². The van der Waals surface area contributed by atoms with Gasteiger partial charge in [0.05, 0.1) is 25.3 Å². The van der Waals surface area contributed by atoms with Crippen molar-refractivity contribution >= 4 is 5.97 Å². The Morgan fingerprint density at radius 2 is 2.04 bits per heavy atom. The average molecular weight is 366 g/mol. The van der Waals surface area contributed by atoms with Crippen LogP contribution >= 0.6 is 0 Å². The van der Waals surface area contributed by atoms with Crippen LogP contribution in [0.1, 0.15) is 16.3 Å². The van der Waals surface area contributed by atoms with Crippen molar-refractivity contribution in [2.24, 2.45) is 0 Å². The third kappa shape index (κ3) is 3.43. The smallest absolute Gasteiger partial charge is 0.363 e. The Morgan fingerprint density at radius 3 is 2.78 bits per heavy atom. The fraction of sp³-hybridized carbons (Fsp3) is 0.111. The summed E-state index contributed by atoms with van der Waals surface area (Å²) in [6, 6.07) is 12.7. The Hall–Kier alpha value is -3.88. The molecule has 0 bridgehead atoms. The molecule has 3 aromatic heterocycles. The molecule has 0 aliphatic rings. The van der Waals surface area contributed by atoms with Gasteiger partial charge in [0.15, 0.2) is 18.1 Å². The molecule has 27 heavy (non-hydrogen) atoms. The van der Waals surface area contributed by atoms with E-state index in [-0.39, 0.29) is 24.0 Å². The summed E-state index contributed by atoms with van der Waals surface area (Å²) in [5.41, 5.74) is 0.840. The molecule has 1 aromatic carbocycles. The van der Waals surface area contributed by atoms with E-state index in [0.717, 1.165) is 5.69 Å². The number of rotatable bonds is 6. The van der Waals surface area contributed by atoms with Gasteiger partial charge >= 0.3 is 5.97 Å². The topological polar surface area (TPSA) is 105 Å². The summed E-state index contributed by atoms with van der Waals surface area (Å²) >= 11 is 0. The van der Waals surface area contributed by atoms with Gasteiger partial charge in [0.25, 0.3) is 5.89 Å². The number of para-hydroxylation sites is 1. The molecule has 0 spiro atoms. The van der Waals surface area contributed by atoms with Crippen molar-refractivity contribution in [2.45, 2.75) is 6.61 Å². The SMILES string of the molecule is COc1cn(-c2ccccc2)nc1C(=O)OCc1noc(-c2ccco2)n1. The second-order valence-corrected chi connectivity index (χ2v) is 5.40. The van der Waals surface area contributed by atoms with Crippen LogP contribution in [0.3, 0.4) is 0 Å². The molecule has 9 heteroatoms. The Morgan fingerprint density at radius 1 is 1.19 bits per heavy atom. The Kier molecular flexibility index (Phi) is 4.40. The minimum absolute atomic E-state index is 0.0520. The summed E-state index contributed by atoms with van der Waals surface area (Å²) in [4.78, 5) is 16.5. The van der Waals surface area contributed by atoms with Crippen LogP contribution in [-0.2, 0) is 11.3 Å². The van der Waals surface area contributed by atoms with E-state index < -0.39 is 5.97 Å². The first-order valence-corrected chi connectivity index (χ1v) is 7.97. The lowest BCUT2D eigenvalue weighted by molar-refractivity contribution is 0.0448. The quantitative estimate of drug-likeness (QED) is 0.480. The summed E-state index contributed by atoms with van der Waals surface area (Å²) < 4.78 is 22.2. The van der Waals surface area contributed by atoms with Gasteiger partial charge in [0, 0.05) is 0 Å². The van der Waals surface area contributed by atoms with E-state index in [1.54, 1.807) is 23.0 Å². The van der Waals surface area contributed by atoms with Gasteiger partial charge in [0.1, 0.15) is 0 Å². The molecule has 0 saturated carbocycles. The number of carbonyl (C=O) groups is 1. The molecule has 4 rings (SSSR count). The van der Waals surface area contributed by atoms with Gasteiger partial charge in [-0.2, -0.15) is 10.1 Å². The van der Waals surface area contributed by atoms with Gasteiger partial charge < -0.3 is 18.4 Å². The van der Waals surface area contributed by atoms with Crippen LogP contribution in [0.2, 0.25) is 0 Å². The van der Waals surface area contributed by atoms with Crippen molar-refractivity contribution in [1.82, 2.24) is 19.9 Å². The van der Waals surface area contributed by atoms with Crippen molar-refractivity contribution in [3.8, 4) is 23.1 Å². The van der Waals surface area contributed by atoms with Crippen molar-refractivity contribution in [3.63, 3.8) is 0 Å². The van der Waals surface area contributed by atoms with Gasteiger partial charge in [0.2, 0.25) is 11.5 Å². The zero-order chi connectivity index (χ0) is 18.6. The molecule has 0 N–H and O–H groups in total. The highest BCUT2D eigenvalue weighted by Crippen LogP contribution is 2.21. The molecular formula is C18H14N4O5. The second kappa shape index (κ2) is 7.16. The molecule has 0 atom stereocenters. The fourth-order valence-electron chi connectivity index (χ4n) is 2.37. The third-order valence-electron chi connectivity index (χ3n) is 3.65. The van der Waals surface area contributed by atoms with Crippen LogP contribution in [0.15, 0.2) is 63.9 Å². The summed E-state index contributed by atoms with van der Waals surface area (Å²) in [5.74, 6) is 0.482. The molecule has 0 fully saturated rings. The highest BCUT2D eigenvalue weighted by atomic mass is 16.5. The zero-order valence-corrected chi connectivity index (χ0v) is 14.2. The van der Waals surface area contributed by atoms with E-state index >= 15 is 0 Å². The van der Waals surface area contributed by atoms with Crippen LogP contribution in [0, 0.1) is 0 Å². The number of carbonyl (C=O) groups excluding carboxylic acids is 1. The number of nitrogens with zero attached hydrogens (tertiary/aromatic N) is 4. The largest absolute Gasteiger partial charge is 0.493 e. The third-order valence-corrected chi connectivity index (χ3v) is 3.65. The number of benzene rings is 1. The van der Waals surface area contributed by atoms with Crippen LogP contribution in [0.25, 0.3) is 17.3 Å². The predicted molar refractivity (Wildman–Crippen MR) is 91.2 cm³/mol. The number of esters is 1. The van der Waals surface area contributed by atoms with E-state index in [1.807, 2.05) is 30.3 Å². The molecule has 4 aromatic rings. The van der Waals surface area contributed by atoms with Crippen LogP contribution in [0.4, 0.5) is 0 Å². The maximum absolute atomic E-state index is 12.4. The number of furan rings is 1. The van der Waals surface area contributed by atoms with Crippen molar-refractivity contribution < 1.29 is 23.2 Å². The maximum atomic E-state index is 12.4. The minimum Gasteiger partial charge on any atom is -0.493 e. The maximum Gasteiger partial charge on any atom is 0.363 e. The highest BCUT2D eigenvalue weighted by molar-refractivity contribution is 5.90. The molecule has 0 aliphatic carbocycles. The average Bonchev–Trinajstić information content (AvgIpc) is 3.46. The molecule has 0 aliphatic heterocycles. The molecule has 9 nitrogen and oxygen atoms in total. The first kappa shape index (κ1) is 16.6. The van der Waals surface area contributed by atoms with Crippen molar-refractivity contribution in [2.75, 3.05) is 7.11 Å². The fourth-order valence-corrected chi connectivity index (χ4v) is 2.37. The Bertz CT molecular complexity index is 1040. The number of hydrogen-bond acceptors (Lipinski definition) is 8. The number of hydrogen-bond donors (Lipinski definition) is 0. The van der Waals surface area contributed by atoms with E-state index in [2.05, 4.69) is 15.2 Å². The van der Waals surface area contributed by atoms with E-state index in [1.165, 1.54) is 13.4 Å². The van der Waals surface area contributed by atoms with E-state index in [0.29, 0.717) is 11.5 Å². The lowest BCUT2D eigenvalue weighted by Gasteiger charge is -2.01. The standard InChI is InChI=1S/C18H14N4O5/c1-24-14-10-22(12-6-3-2-4-7-12)20-16(14)18(23)26-11-15-19-17(27-21-15)13-8-5-9-25-13/h2-10H,11H2,1H3. The normalized spacial score (nSPS) is 10.7. The van der Waals surface area contributed by atoms with Gasteiger partial charge in [-0.15, -0.1) is 0 Å². The Balaban J connectivity index is 1.48. The van der Waals surface area contributed by atoms with Crippen molar-refractivity contribution in [1.29, 1.82) is 0 Å². The molecule has 0 amide bonds. The lowest BCUT2D eigenvalue weighted by Crippen LogP contribution is -2.09. The summed E-state index contributed by atoms with van der Waals surface area (Å²) in [6.45, 7) is -0.176. The number of methoxy groups -OCH3 is 1.